The van der Waals surface area contributed by atoms with E-state index in [1.807, 2.05) is 0 Å². The van der Waals surface area contributed by atoms with Crippen LogP contribution in [0.1, 0.15) is 17.3 Å². The molecule has 0 spiro atoms. The Morgan fingerprint density at radius 3 is 2.56 bits per heavy atom. The molecule has 0 N–H and O–H groups in total. The van der Waals surface area contributed by atoms with Gasteiger partial charge in [-0.25, -0.2) is 13.6 Å². The van der Waals surface area contributed by atoms with Gasteiger partial charge in [-0.05, 0) is 28.9 Å². The topological polar surface area (TPSA) is 43.4 Å². The summed E-state index contributed by atoms with van der Waals surface area (Å²) in [7, 11) is 0. The van der Waals surface area contributed by atoms with Crippen LogP contribution >= 0.6 is 15.9 Å². The zero-order valence-electron chi connectivity index (χ0n) is 8.22. The Hall–Kier alpha value is -1.30. The first-order chi connectivity index (χ1) is 7.47. The number of carbonyl (C=O) groups excluding carboxylic acids is 2. The van der Waals surface area contributed by atoms with Gasteiger partial charge in [0, 0.05) is 11.6 Å². The molecule has 0 aliphatic heterocycles. The second-order valence-electron chi connectivity index (χ2n) is 2.80. The van der Waals surface area contributed by atoms with Crippen LogP contribution < -0.4 is 0 Å². The van der Waals surface area contributed by atoms with Gasteiger partial charge in [0.1, 0.15) is 11.6 Å². The van der Waals surface area contributed by atoms with Crippen molar-refractivity contribution in [3.63, 3.8) is 0 Å². The van der Waals surface area contributed by atoms with Crippen LogP contribution in [0.3, 0.4) is 0 Å². The molecule has 0 aliphatic rings. The molecule has 0 saturated carbocycles. The molecule has 3 nitrogen and oxygen atoms in total. The molecule has 6 heteroatoms. The highest BCUT2D eigenvalue weighted by Gasteiger charge is 2.22. The molecule has 1 aromatic carbocycles. The van der Waals surface area contributed by atoms with Crippen LogP contribution in [0.2, 0.25) is 0 Å². The van der Waals surface area contributed by atoms with E-state index in [0.29, 0.717) is 6.07 Å². The summed E-state index contributed by atoms with van der Waals surface area (Å²) in [6.07, 6.45) is 0. The van der Waals surface area contributed by atoms with E-state index in [4.69, 9.17) is 0 Å². The number of Topliss-reactive ketones (excluding diaryl/α,β-unsaturated/α-hetero) is 1. The molecular formula is C10H7BrF2O3. The van der Waals surface area contributed by atoms with Crippen molar-refractivity contribution in [1.29, 1.82) is 0 Å². The normalized spacial score (nSPS) is 10.0. The van der Waals surface area contributed by atoms with Gasteiger partial charge < -0.3 is 4.74 Å². The zero-order chi connectivity index (χ0) is 12.3. The lowest BCUT2D eigenvalue weighted by Crippen LogP contribution is -2.18. The highest BCUT2D eigenvalue weighted by molar-refractivity contribution is 9.10. The molecule has 0 heterocycles. The number of hydrogen-bond acceptors (Lipinski definition) is 3. The molecule has 1 rings (SSSR count). The third-order valence-electron chi connectivity index (χ3n) is 1.70. The number of halogens is 3. The molecule has 0 aliphatic carbocycles. The van der Waals surface area contributed by atoms with Gasteiger partial charge in [-0.1, -0.05) is 0 Å². The van der Waals surface area contributed by atoms with Crippen LogP contribution in [0.25, 0.3) is 0 Å². The molecule has 0 saturated heterocycles. The molecule has 86 valence electrons. The first-order valence-electron chi connectivity index (χ1n) is 4.33. The molecule has 0 fully saturated rings. The van der Waals surface area contributed by atoms with Crippen molar-refractivity contribution < 1.29 is 23.1 Å². The fraction of sp³-hybridized carbons (Fsp3) is 0.200. The van der Waals surface area contributed by atoms with E-state index in [0.717, 1.165) is 6.07 Å². The van der Waals surface area contributed by atoms with Crippen molar-refractivity contribution in [1.82, 2.24) is 0 Å². The van der Waals surface area contributed by atoms with Crippen molar-refractivity contribution in [3.8, 4) is 0 Å². The second kappa shape index (κ2) is 5.16. The predicted octanol–water partition coefficient (Wildman–Crippen LogP) is 2.47. The predicted molar refractivity (Wildman–Crippen MR) is 55.0 cm³/mol. The van der Waals surface area contributed by atoms with Crippen LogP contribution in [0.4, 0.5) is 8.78 Å². The van der Waals surface area contributed by atoms with Crippen molar-refractivity contribution in [2.75, 3.05) is 6.61 Å². The Morgan fingerprint density at radius 2 is 2.00 bits per heavy atom. The van der Waals surface area contributed by atoms with Crippen molar-refractivity contribution >= 4 is 27.7 Å². The monoisotopic (exact) mass is 292 g/mol. The van der Waals surface area contributed by atoms with Gasteiger partial charge in [0.05, 0.1) is 11.1 Å². The molecule has 0 atom stereocenters. The SMILES string of the molecule is CCOC(=O)C(=O)c1cc(F)cc(F)c1Br. The number of ether oxygens (including phenoxy) is 1. The minimum atomic E-state index is -1.15. The van der Waals surface area contributed by atoms with E-state index in [2.05, 4.69) is 20.7 Å². The number of ketones is 1. The van der Waals surface area contributed by atoms with Gasteiger partial charge in [0.25, 0.3) is 5.78 Å². The van der Waals surface area contributed by atoms with Crippen molar-refractivity contribution in [2.45, 2.75) is 6.92 Å². The van der Waals surface area contributed by atoms with Crippen LogP contribution in [0.15, 0.2) is 16.6 Å². The highest BCUT2D eigenvalue weighted by atomic mass is 79.9. The fourth-order valence-corrected chi connectivity index (χ4v) is 1.44. The number of hydrogen-bond donors (Lipinski definition) is 0. The fourth-order valence-electron chi connectivity index (χ4n) is 1.03. The van der Waals surface area contributed by atoms with Crippen LogP contribution in [-0.4, -0.2) is 18.4 Å². The Labute approximate surface area is 98.5 Å². The molecule has 1 aromatic rings. The van der Waals surface area contributed by atoms with Crippen molar-refractivity contribution in [3.05, 3.63) is 33.8 Å². The first-order valence-corrected chi connectivity index (χ1v) is 5.12. The van der Waals surface area contributed by atoms with Crippen LogP contribution in [-0.2, 0) is 9.53 Å². The Morgan fingerprint density at radius 1 is 1.38 bits per heavy atom. The lowest BCUT2D eigenvalue weighted by molar-refractivity contribution is -0.137. The average Bonchev–Trinajstić information content (AvgIpc) is 2.22. The number of benzene rings is 1. The van der Waals surface area contributed by atoms with E-state index in [9.17, 15) is 18.4 Å². The van der Waals surface area contributed by atoms with Crippen LogP contribution in [0, 0.1) is 11.6 Å². The van der Waals surface area contributed by atoms with Gasteiger partial charge in [0.15, 0.2) is 0 Å². The third kappa shape index (κ3) is 2.63. The Balaban J connectivity index is 3.13. The van der Waals surface area contributed by atoms with Gasteiger partial charge in [0.2, 0.25) is 0 Å². The first kappa shape index (κ1) is 12.8. The summed E-state index contributed by atoms with van der Waals surface area (Å²) in [6, 6.07) is 1.37. The number of rotatable bonds is 3. The van der Waals surface area contributed by atoms with Crippen LogP contribution in [0.5, 0.6) is 0 Å². The lowest BCUT2D eigenvalue weighted by atomic mass is 10.1. The third-order valence-corrected chi connectivity index (χ3v) is 2.50. The van der Waals surface area contributed by atoms with Gasteiger partial charge in [-0.3, -0.25) is 4.79 Å². The molecule has 0 unspecified atom stereocenters. The number of esters is 1. The maximum atomic E-state index is 13.1. The van der Waals surface area contributed by atoms with E-state index < -0.39 is 29.0 Å². The average molecular weight is 293 g/mol. The summed E-state index contributed by atoms with van der Waals surface area (Å²) < 4.78 is 30.1. The Bertz CT molecular complexity index is 446. The summed E-state index contributed by atoms with van der Waals surface area (Å²) in [4.78, 5) is 22.5. The van der Waals surface area contributed by atoms with Gasteiger partial charge >= 0.3 is 5.97 Å². The minimum absolute atomic E-state index is 0.0139. The quantitative estimate of drug-likeness (QED) is 0.372. The van der Waals surface area contributed by atoms with E-state index in [-0.39, 0.29) is 11.1 Å². The smallest absolute Gasteiger partial charge is 0.379 e. The Kier molecular flexibility index (Phi) is 4.12. The molecule has 0 aromatic heterocycles. The second-order valence-corrected chi connectivity index (χ2v) is 3.59. The molecular weight excluding hydrogens is 286 g/mol. The summed E-state index contributed by atoms with van der Waals surface area (Å²) in [5.74, 6) is -4.12. The standard InChI is InChI=1S/C10H7BrF2O3/c1-2-16-10(15)9(14)6-3-5(12)4-7(13)8(6)11/h3-4H,2H2,1H3. The summed E-state index contributed by atoms with van der Waals surface area (Å²) >= 11 is 2.76. The lowest BCUT2D eigenvalue weighted by Gasteiger charge is -2.04. The minimum Gasteiger partial charge on any atom is -0.460 e. The maximum absolute atomic E-state index is 13.1. The largest absolute Gasteiger partial charge is 0.460 e. The van der Waals surface area contributed by atoms with E-state index in [1.54, 1.807) is 0 Å². The summed E-state index contributed by atoms with van der Waals surface area (Å²) in [5.41, 5.74) is -0.393. The van der Waals surface area contributed by atoms with Gasteiger partial charge in [-0.2, -0.15) is 0 Å². The highest BCUT2D eigenvalue weighted by Crippen LogP contribution is 2.22. The van der Waals surface area contributed by atoms with Crippen molar-refractivity contribution in [2.24, 2.45) is 0 Å². The van der Waals surface area contributed by atoms with Gasteiger partial charge in [-0.15, -0.1) is 0 Å². The molecule has 0 amide bonds. The molecule has 0 radical (unpaired) electrons. The summed E-state index contributed by atoms with van der Waals surface area (Å²) in [5, 5.41) is 0. The zero-order valence-corrected chi connectivity index (χ0v) is 9.81. The van der Waals surface area contributed by atoms with E-state index >= 15 is 0 Å². The number of carbonyl (C=O) groups is 2. The molecule has 0 bridgehead atoms. The molecule has 16 heavy (non-hydrogen) atoms. The maximum Gasteiger partial charge on any atom is 0.379 e. The summed E-state index contributed by atoms with van der Waals surface area (Å²) in [6.45, 7) is 1.53. The van der Waals surface area contributed by atoms with E-state index in [1.165, 1.54) is 6.92 Å².